The van der Waals surface area contributed by atoms with Crippen LogP contribution in [0.5, 0.6) is 0 Å². The molecule has 0 amide bonds. The van der Waals surface area contributed by atoms with Crippen molar-refractivity contribution in [2.75, 3.05) is 4.90 Å². The molecule has 0 aliphatic rings. The van der Waals surface area contributed by atoms with Crippen LogP contribution in [0.4, 0.5) is 34.1 Å². The van der Waals surface area contributed by atoms with Gasteiger partial charge < -0.3 is 4.90 Å². The number of hydrogen-bond acceptors (Lipinski definition) is 7. The van der Waals surface area contributed by atoms with E-state index in [2.05, 4.69) is 92.6 Å². The number of aliphatic imine (C=N–C) groups is 3. The second-order valence-corrected chi connectivity index (χ2v) is 12.9. The standard InChI is InChI=1S/C48H33N7/c1-10-43-40(7-4-28-49-43)46(13-1)52-31-34-16-22-37(23-17-34)55(38-24-18-35(19-25-38)32-53-47-14-2-11-44-41(47)8-5-29-50-44)39-26-20-36(21-27-39)33-54-48-15-3-12-45-42(48)9-6-30-51-45/h1-33H. The topological polar surface area (TPSA) is 79.0 Å². The number of aromatic nitrogens is 3. The van der Waals surface area contributed by atoms with Crippen molar-refractivity contribution in [3.8, 4) is 0 Å². The lowest BCUT2D eigenvalue weighted by atomic mass is 10.1. The molecule has 7 heteroatoms. The molecular formula is C48H33N7. The molecule has 0 radical (unpaired) electrons. The minimum Gasteiger partial charge on any atom is -0.311 e. The van der Waals surface area contributed by atoms with Crippen LogP contribution in [0, 0.1) is 0 Å². The molecule has 0 bridgehead atoms. The highest BCUT2D eigenvalue weighted by Crippen LogP contribution is 2.35. The molecule has 55 heavy (non-hydrogen) atoms. The number of fused-ring (bicyclic) bond motifs is 3. The molecule has 9 rings (SSSR count). The summed E-state index contributed by atoms with van der Waals surface area (Å²) < 4.78 is 0. The smallest absolute Gasteiger partial charge is 0.0723 e. The average Bonchev–Trinajstić information content (AvgIpc) is 3.25. The molecule has 0 aliphatic carbocycles. The molecule has 6 aromatic carbocycles. The Bertz CT molecular complexity index is 2530. The molecule has 260 valence electrons. The minimum absolute atomic E-state index is 0.887. The maximum atomic E-state index is 4.82. The van der Waals surface area contributed by atoms with Crippen LogP contribution in [0.15, 0.2) is 197 Å². The van der Waals surface area contributed by atoms with Crippen LogP contribution in [0.25, 0.3) is 32.7 Å². The van der Waals surface area contributed by atoms with E-state index in [1.54, 1.807) is 18.6 Å². The Labute approximate surface area is 318 Å². The third-order valence-corrected chi connectivity index (χ3v) is 9.38. The number of nitrogens with zero attached hydrogens (tertiary/aromatic N) is 7. The van der Waals surface area contributed by atoms with E-state index in [1.807, 2.05) is 110 Å². The van der Waals surface area contributed by atoms with Crippen molar-refractivity contribution in [2.24, 2.45) is 15.0 Å². The van der Waals surface area contributed by atoms with E-state index in [4.69, 9.17) is 15.0 Å². The zero-order chi connectivity index (χ0) is 36.8. The second-order valence-electron chi connectivity index (χ2n) is 12.9. The molecular weight excluding hydrogens is 675 g/mol. The largest absolute Gasteiger partial charge is 0.311 e. The van der Waals surface area contributed by atoms with Gasteiger partial charge in [-0.15, -0.1) is 0 Å². The summed E-state index contributed by atoms with van der Waals surface area (Å²) in [4.78, 5) is 30.1. The van der Waals surface area contributed by atoms with Crippen LogP contribution in [-0.2, 0) is 0 Å². The molecule has 9 aromatic rings. The van der Waals surface area contributed by atoms with Crippen molar-refractivity contribution in [3.05, 3.63) is 199 Å². The van der Waals surface area contributed by atoms with Crippen LogP contribution in [0.3, 0.4) is 0 Å². The molecule has 0 fully saturated rings. The molecule has 0 spiro atoms. The first-order valence-corrected chi connectivity index (χ1v) is 18.0. The van der Waals surface area contributed by atoms with E-state index in [9.17, 15) is 0 Å². The van der Waals surface area contributed by atoms with Crippen molar-refractivity contribution < 1.29 is 0 Å². The molecule has 0 aliphatic heterocycles. The SMILES string of the molecule is C(=Nc1cccc2ncccc12)c1ccc(N(c2ccc(C=Nc3cccc4ncccc34)cc2)c2ccc(C=Nc3cccc4ncccc34)cc2)cc1. The normalized spacial score (nSPS) is 11.8. The van der Waals surface area contributed by atoms with Crippen molar-refractivity contribution in [1.82, 2.24) is 15.0 Å². The van der Waals surface area contributed by atoms with E-state index in [0.717, 1.165) is 83.5 Å². The summed E-state index contributed by atoms with van der Waals surface area (Å²) in [6.45, 7) is 0. The minimum atomic E-state index is 0.887. The summed E-state index contributed by atoms with van der Waals surface area (Å²) in [5.41, 5.74) is 11.5. The summed E-state index contributed by atoms with van der Waals surface area (Å²) in [6, 6.07) is 55.3. The van der Waals surface area contributed by atoms with Gasteiger partial charge in [-0.2, -0.15) is 0 Å². The lowest BCUT2D eigenvalue weighted by Gasteiger charge is -2.25. The van der Waals surface area contributed by atoms with E-state index in [-0.39, 0.29) is 0 Å². The molecule has 3 heterocycles. The van der Waals surface area contributed by atoms with Gasteiger partial charge >= 0.3 is 0 Å². The number of benzene rings is 6. The van der Waals surface area contributed by atoms with Gasteiger partial charge in [0, 0.05) is 70.5 Å². The first-order valence-electron chi connectivity index (χ1n) is 18.0. The zero-order valence-corrected chi connectivity index (χ0v) is 29.7. The fourth-order valence-electron chi connectivity index (χ4n) is 6.61. The first-order chi connectivity index (χ1) is 27.2. The third kappa shape index (κ3) is 7.23. The van der Waals surface area contributed by atoms with Crippen LogP contribution < -0.4 is 4.90 Å². The van der Waals surface area contributed by atoms with Gasteiger partial charge in [0.15, 0.2) is 0 Å². The predicted octanol–water partition coefficient (Wildman–Crippen LogP) is 12.1. The Morgan fingerprint density at radius 1 is 0.327 bits per heavy atom. The second kappa shape index (κ2) is 15.1. The number of pyridine rings is 3. The monoisotopic (exact) mass is 707 g/mol. The molecule has 0 saturated carbocycles. The maximum Gasteiger partial charge on any atom is 0.0723 e. The van der Waals surface area contributed by atoms with E-state index < -0.39 is 0 Å². The van der Waals surface area contributed by atoms with Gasteiger partial charge in [-0.05, 0) is 126 Å². The Kier molecular flexibility index (Phi) is 9.15. The van der Waals surface area contributed by atoms with Gasteiger partial charge in [-0.25, -0.2) is 0 Å². The lowest BCUT2D eigenvalue weighted by Crippen LogP contribution is -2.10. The predicted molar refractivity (Wildman–Crippen MR) is 228 cm³/mol. The average molecular weight is 708 g/mol. The number of hydrogen-bond donors (Lipinski definition) is 0. The fraction of sp³-hybridized carbons (Fsp3) is 0. The van der Waals surface area contributed by atoms with Crippen molar-refractivity contribution in [1.29, 1.82) is 0 Å². The summed E-state index contributed by atoms with van der Waals surface area (Å²) in [6.07, 6.45) is 11.1. The molecule has 7 nitrogen and oxygen atoms in total. The maximum absolute atomic E-state index is 4.82. The van der Waals surface area contributed by atoms with Gasteiger partial charge in [0.1, 0.15) is 0 Å². The fourth-order valence-corrected chi connectivity index (χ4v) is 6.61. The highest BCUT2D eigenvalue weighted by atomic mass is 15.1. The van der Waals surface area contributed by atoms with E-state index in [0.29, 0.717) is 0 Å². The molecule has 3 aromatic heterocycles. The van der Waals surface area contributed by atoms with Gasteiger partial charge in [-0.1, -0.05) is 54.6 Å². The Morgan fingerprint density at radius 2 is 0.636 bits per heavy atom. The summed E-state index contributed by atoms with van der Waals surface area (Å²) >= 11 is 0. The van der Waals surface area contributed by atoms with Crippen LogP contribution in [0.2, 0.25) is 0 Å². The van der Waals surface area contributed by atoms with Gasteiger partial charge in [0.05, 0.1) is 33.6 Å². The molecule has 0 N–H and O–H groups in total. The van der Waals surface area contributed by atoms with Gasteiger partial charge in [0.2, 0.25) is 0 Å². The summed E-state index contributed by atoms with van der Waals surface area (Å²) in [5, 5.41) is 3.07. The third-order valence-electron chi connectivity index (χ3n) is 9.38. The van der Waals surface area contributed by atoms with Crippen LogP contribution in [0.1, 0.15) is 16.7 Å². The number of rotatable bonds is 9. The van der Waals surface area contributed by atoms with E-state index in [1.165, 1.54) is 0 Å². The Balaban J connectivity index is 1.02. The van der Waals surface area contributed by atoms with E-state index >= 15 is 0 Å². The summed E-state index contributed by atoms with van der Waals surface area (Å²) in [5.74, 6) is 0. The highest BCUT2D eigenvalue weighted by Gasteiger charge is 2.13. The summed E-state index contributed by atoms with van der Waals surface area (Å²) in [7, 11) is 0. The van der Waals surface area contributed by atoms with Crippen molar-refractivity contribution in [2.45, 2.75) is 0 Å². The van der Waals surface area contributed by atoms with Crippen molar-refractivity contribution >= 4 is 85.5 Å². The van der Waals surface area contributed by atoms with Crippen LogP contribution >= 0.6 is 0 Å². The van der Waals surface area contributed by atoms with Gasteiger partial charge in [-0.3, -0.25) is 29.9 Å². The zero-order valence-electron chi connectivity index (χ0n) is 29.7. The molecule has 0 atom stereocenters. The molecule has 0 unspecified atom stereocenters. The molecule has 0 saturated heterocycles. The van der Waals surface area contributed by atoms with Crippen molar-refractivity contribution in [3.63, 3.8) is 0 Å². The quantitative estimate of drug-likeness (QED) is 0.140. The Hall–Kier alpha value is -7.64. The van der Waals surface area contributed by atoms with Crippen LogP contribution in [-0.4, -0.2) is 33.6 Å². The highest BCUT2D eigenvalue weighted by molar-refractivity contribution is 5.96. The Morgan fingerprint density at radius 3 is 0.945 bits per heavy atom. The van der Waals surface area contributed by atoms with Gasteiger partial charge in [0.25, 0.3) is 0 Å². The number of anilines is 3. The first kappa shape index (κ1) is 33.2. The lowest BCUT2D eigenvalue weighted by molar-refractivity contribution is 1.28.